The van der Waals surface area contributed by atoms with Crippen LogP contribution in [0.5, 0.6) is 0 Å². The van der Waals surface area contributed by atoms with Crippen molar-refractivity contribution in [3.05, 3.63) is 69.3 Å². The first-order valence-electron chi connectivity index (χ1n) is 8.15. The molecule has 2 aliphatic rings. The third-order valence-corrected chi connectivity index (χ3v) is 4.67. The van der Waals surface area contributed by atoms with E-state index in [4.69, 9.17) is 4.84 Å². The van der Waals surface area contributed by atoms with Gasteiger partial charge in [-0.05, 0) is 23.8 Å². The van der Waals surface area contributed by atoms with Crippen molar-refractivity contribution in [1.29, 1.82) is 0 Å². The second-order valence-electron chi connectivity index (χ2n) is 6.09. The number of carbonyl (C=O) groups is 1. The van der Waals surface area contributed by atoms with Crippen LogP contribution in [-0.4, -0.2) is 30.2 Å². The molecule has 0 fully saturated rings. The number of nitrogens with zero attached hydrogens (tertiary/aromatic N) is 3. The molecule has 0 saturated heterocycles. The molecule has 1 atom stereocenters. The molecule has 0 aliphatic carbocycles. The molecule has 8 heteroatoms. The first-order valence-corrected chi connectivity index (χ1v) is 8.15. The van der Waals surface area contributed by atoms with Crippen molar-refractivity contribution in [2.45, 2.75) is 12.6 Å². The summed E-state index contributed by atoms with van der Waals surface area (Å²) in [6, 6.07) is 11.8. The summed E-state index contributed by atoms with van der Waals surface area (Å²) in [5.41, 5.74) is 3.89. The first kappa shape index (κ1) is 16.1. The van der Waals surface area contributed by atoms with E-state index in [9.17, 15) is 14.9 Å². The van der Waals surface area contributed by atoms with E-state index in [-0.39, 0.29) is 17.8 Å². The van der Waals surface area contributed by atoms with Gasteiger partial charge in [0.15, 0.2) is 0 Å². The lowest BCUT2D eigenvalue weighted by atomic mass is 9.92. The lowest BCUT2D eigenvalue weighted by molar-refractivity contribution is -0.384. The summed E-state index contributed by atoms with van der Waals surface area (Å²) in [6.07, 6.45) is 0.282. The number of carbonyl (C=O) groups excluding carboxylic acids is 1. The highest BCUT2D eigenvalue weighted by molar-refractivity contribution is 6.13. The normalized spacial score (nSPS) is 19.7. The van der Waals surface area contributed by atoms with Crippen LogP contribution >= 0.6 is 0 Å². The van der Waals surface area contributed by atoms with Gasteiger partial charge >= 0.3 is 0 Å². The number of amides is 1. The van der Waals surface area contributed by atoms with Crippen molar-refractivity contribution in [3.63, 3.8) is 0 Å². The number of para-hydroxylation sites is 1. The molecule has 4 rings (SSSR count). The molecule has 2 aromatic carbocycles. The molecule has 8 nitrogen and oxygen atoms in total. The number of anilines is 1. The van der Waals surface area contributed by atoms with Crippen molar-refractivity contribution in [2.24, 2.45) is 5.16 Å². The van der Waals surface area contributed by atoms with Crippen LogP contribution in [-0.2, 0) is 4.84 Å². The number of rotatable bonds is 3. The Kier molecular flexibility index (Phi) is 3.80. The number of nitrogens with one attached hydrogen (secondary N) is 1. The average molecular weight is 352 g/mol. The highest BCUT2D eigenvalue weighted by atomic mass is 16.6. The number of hydrogen-bond donors (Lipinski definition) is 1. The molecule has 2 aliphatic heterocycles. The Morgan fingerprint density at radius 1 is 1.23 bits per heavy atom. The van der Waals surface area contributed by atoms with Gasteiger partial charge in [-0.2, -0.15) is 0 Å². The average Bonchev–Trinajstić information content (AvgIpc) is 2.66. The van der Waals surface area contributed by atoms with Gasteiger partial charge in [0.25, 0.3) is 11.6 Å². The molecule has 0 aromatic heterocycles. The largest absolute Gasteiger partial charge is 0.399 e. The van der Waals surface area contributed by atoms with Crippen LogP contribution in [0.3, 0.4) is 0 Å². The maximum absolute atomic E-state index is 12.6. The van der Waals surface area contributed by atoms with Gasteiger partial charge in [-0.25, -0.2) is 0 Å². The molecular weight excluding hydrogens is 336 g/mol. The van der Waals surface area contributed by atoms with E-state index in [1.807, 2.05) is 12.1 Å². The van der Waals surface area contributed by atoms with Crippen molar-refractivity contribution in [1.82, 2.24) is 5.32 Å². The second-order valence-corrected chi connectivity index (χ2v) is 6.09. The maximum Gasteiger partial charge on any atom is 0.269 e. The monoisotopic (exact) mass is 352 g/mol. The molecule has 2 aromatic rings. The van der Waals surface area contributed by atoms with Crippen LogP contribution in [0, 0.1) is 10.1 Å². The molecule has 26 heavy (non-hydrogen) atoms. The molecule has 1 unspecified atom stereocenters. The highest BCUT2D eigenvalue weighted by Gasteiger charge is 2.37. The van der Waals surface area contributed by atoms with Crippen LogP contribution in [0.2, 0.25) is 0 Å². The zero-order valence-electron chi connectivity index (χ0n) is 14.0. The quantitative estimate of drug-likeness (QED) is 0.676. The summed E-state index contributed by atoms with van der Waals surface area (Å²) in [5, 5.41) is 18.0. The third kappa shape index (κ3) is 2.46. The van der Waals surface area contributed by atoms with Crippen molar-refractivity contribution in [2.75, 3.05) is 18.6 Å². The van der Waals surface area contributed by atoms with Gasteiger partial charge in [0.05, 0.1) is 21.9 Å². The molecule has 2 heterocycles. The SMILES string of the molecule is CO/N=C1/CCN2c3c(cccc31)C(=O)NC2c1ccc([N+](=O)[O-])cc1. The number of oxime groups is 1. The number of nitro groups is 1. The standard InChI is InChI=1S/C18H16N4O4/c1-26-20-15-9-10-21-16-13(15)3-2-4-14(16)18(23)19-17(21)11-5-7-12(8-6-11)22(24)25/h2-8,17H,9-10H2,1H3,(H,19,23)/b20-15-. The minimum Gasteiger partial charge on any atom is -0.399 e. The summed E-state index contributed by atoms with van der Waals surface area (Å²) in [5.74, 6) is -0.180. The van der Waals surface area contributed by atoms with E-state index in [1.165, 1.54) is 19.2 Å². The zero-order chi connectivity index (χ0) is 18.3. The van der Waals surface area contributed by atoms with Gasteiger partial charge in [0.1, 0.15) is 13.3 Å². The summed E-state index contributed by atoms with van der Waals surface area (Å²) in [7, 11) is 1.50. The molecule has 0 bridgehead atoms. The molecule has 0 radical (unpaired) electrons. The Labute approximate surface area is 149 Å². The molecule has 132 valence electrons. The number of non-ortho nitro benzene ring substituents is 1. The highest BCUT2D eigenvalue weighted by Crippen LogP contribution is 2.39. The van der Waals surface area contributed by atoms with Gasteiger partial charge in [-0.15, -0.1) is 0 Å². The van der Waals surface area contributed by atoms with Crippen molar-refractivity contribution in [3.8, 4) is 0 Å². The van der Waals surface area contributed by atoms with Crippen molar-refractivity contribution < 1.29 is 14.6 Å². The third-order valence-electron chi connectivity index (χ3n) is 4.67. The lowest BCUT2D eigenvalue weighted by Gasteiger charge is -2.42. The van der Waals surface area contributed by atoms with Crippen LogP contribution in [0.1, 0.15) is 34.1 Å². The summed E-state index contributed by atoms with van der Waals surface area (Å²) < 4.78 is 0. The topological polar surface area (TPSA) is 97.1 Å². The molecule has 0 spiro atoms. The number of hydrogen-bond acceptors (Lipinski definition) is 6. The van der Waals surface area contributed by atoms with Crippen LogP contribution in [0.4, 0.5) is 11.4 Å². The minimum absolute atomic E-state index is 0.0186. The zero-order valence-corrected chi connectivity index (χ0v) is 14.0. The molecule has 1 amide bonds. The second kappa shape index (κ2) is 6.14. The number of benzene rings is 2. The van der Waals surface area contributed by atoms with E-state index in [0.717, 1.165) is 22.5 Å². The van der Waals surface area contributed by atoms with Crippen LogP contribution in [0.15, 0.2) is 47.6 Å². The Morgan fingerprint density at radius 3 is 2.65 bits per heavy atom. The Bertz CT molecular complexity index is 923. The fourth-order valence-corrected chi connectivity index (χ4v) is 3.53. The van der Waals surface area contributed by atoms with Gasteiger partial charge in [-0.1, -0.05) is 17.3 Å². The summed E-state index contributed by atoms with van der Waals surface area (Å²) >= 11 is 0. The predicted molar refractivity (Wildman–Crippen MR) is 95.3 cm³/mol. The predicted octanol–water partition coefficient (Wildman–Crippen LogP) is 2.60. The van der Waals surface area contributed by atoms with E-state index >= 15 is 0 Å². The Balaban J connectivity index is 1.80. The van der Waals surface area contributed by atoms with Crippen molar-refractivity contribution >= 4 is 23.0 Å². The molecular formula is C18H16N4O4. The maximum atomic E-state index is 12.6. The van der Waals surface area contributed by atoms with Gasteiger partial charge in [0.2, 0.25) is 0 Å². The van der Waals surface area contributed by atoms with Crippen LogP contribution in [0.25, 0.3) is 0 Å². The van der Waals surface area contributed by atoms with E-state index in [0.29, 0.717) is 18.5 Å². The Morgan fingerprint density at radius 2 is 1.96 bits per heavy atom. The van der Waals surface area contributed by atoms with Gasteiger partial charge < -0.3 is 15.1 Å². The molecule has 0 saturated carbocycles. The van der Waals surface area contributed by atoms with E-state index in [1.54, 1.807) is 18.2 Å². The van der Waals surface area contributed by atoms with Gasteiger partial charge in [0, 0.05) is 30.7 Å². The Hall–Kier alpha value is -3.42. The smallest absolute Gasteiger partial charge is 0.269 e. The van der Waals surface area contributed by atoms with E-state index in [2.05, 4.69) is 15.4 Å². The fourth-order valence-electron chi connectivity index (χ4n) is 3.53. The van der Waals surface area contributed by atoms with Gasteiger partial charge in [-0.3, -0.25) is 14.9 Å². The first-order chi connectivity index (χ1) is 12.6. The minimum atomic E-state index is -0.439. The summed E-state index contributed by atoms with van der Waals surface area (Å²) in [4.78, 5) is 30.1. The number of nitro benzene ring substituents is 1. The summed E-state index contributed by atoms with van der Waals surface area (Å²) in [6.45, 7) is 0.647. The van der Waals surface area contributed by atoms with Crippen LogP contribution < -0.4 is 10.2 Å². The fraction of sp³-hybridized carbons (Fsp3) is 0.222. The molecule has 1 N–H and O–H groups in total. The lowest BCUT2D eigenvalue weighted by Crippen LogP contribution is -2.49. The van der Waals surface area contributed by atoms with E-state index < -0.39 is 4.92 Å².